The standard InChI is InChI=1S/C13H28N2O/c1-7-13(5,6)11(16)15-10(8-9-14)12(2,3)4/h10H,7-9,14H2,1-6H3,(H,15,16). The summed E-state index contributed by atoms with van der Waals surface area (Å²) < 4.78 is 0. The maximum absolute atomic E-state index is 12.1. The average Bonchev–Trinajstić information content (AvgIpc) is 2.15. The Kier molecular flexibility index (Phi) is 5.47. The Hall–Kier alpha value is -0.570. The second-order valence-corrected chi connectivity index (χ2v) is 6.21. The van der Waals surface area contributed by atoms with E-state index < -0.39 is 0 Å². The van der Waals surface area contributed by atoms with Crippen molar-refractivity contribution < 1.29 is 4.79 Å². The van der Waals surface area contributed by atoms with Crippen molar-refractivity contribution in [3.63, 3.8) is 0 Å². The lowest BCUT2D eigenvalue weighted by atomic mass is 9.82. The molecule has 0 fully saturated rings. The van der Waals surface area contributed by atoms with Gasteiger partial charge in [0.15, 0.2) is 0 Å². The molecular weight excluding hydrogens is 200 g/mol. The number of rotatable bonds is 5. The molecule has 0 heterocycles. The number of hydrogen-bond acceptors (Lipinski definition) is 2. The van der Waals surface area contributed by atoms with Crippen LogP contribution in [0.1, 0.15) is 54.4 Å². The van der Waals surface area contributed by atoms with Gasteiger partial charge in [-0.1, -0.05) is 41.5 Å². The van der Waals surface area contributed by atoms with Crippen LogP contribution in [0.15, 0.2) is 0 Å². The van der Waals surface area contributed by atoms with E-state index in [4.69, 9.17) is 5.73 Å². The number of hydrogen-bond donors (Lipinski definition) is 2. The fourth-order valence-corrected chi connectivity index (χ4v) is 1.40. The molecule has 0 radical (unpaired) electrons. The van der Waals surface area contributed by atoms with Gasteiger partial charge >= 0.3 is 0 Å². The number of carbonyl (C=O) groups is 1. The van der Waals surface area contributed by atoms with Crippen LogP contribution in [0.4, 0.5) is 0 Å². The van der Waals surface area contributed by atoms with Gasteiger partial charge in [0.1, 0.15) is 0 Å². The maximum atomic E-state index is 12.1. The highest BCUT2D eigenvalue weighted by Crippen LogP contribution is 2.25. The molecule has 0 aromatic heterocycles. The van der Waals surface area contributed by atoms with Gasteiger partial charge in [0.2, 0.25) is 5.91 Å². The van der Waals surface area contributed by atoms with Crippen LogP contribution in [-0.4, -0.2) is 18.5 Å². The highest BCUT2D eigenvalue weighted by Gasteiger charge is 2.31. The van der Waals surface area contributed by atoms with Crippen molar-refractivity contribution in [2.45, 2.75) is 60.4 Å². The van der Waals surface area contributed by atoms with Crippen LogP contribution in [0, 0.1) is 10.8 Å². The van der Waals surface area contributed by atoms with Crippen molar-refractivity contribution in [1.82, 2.24) is 5.32 Å². The Balaban J connectivity index is 4.59. The van der Waals surface area contributed by atoms with Crippen LogP contribution in [0.25, 0.3) is 0 Å². The highest BCUT2D eigenvalue weighted by molar-refractivity contribution is 5.82. The molecule has 96 valence electrons. The van der Waals surface area contributed by atoms with Crippen LogP contribution in [-0.2, 0) is 4.79 Å². The quantitative estimate of drug-likeness (QED) is 0.758. The molecule has 3 heteroatoms. The molecule has 0 bridgehead atoms. The van der Waals surface area contributed by atoms with Crippen molar-refractivity contribution in [1.29, 1.82) is 0 Å². The third kappa shape index (κ3) is 4.52. The molecule has 1 unspecified atom stereocenters. The van der Waals surface area contributed by atoms with Gasteiger partial charge in [-0.3, -0.25) is 4.79 Å². The summed E-state index contributed by atoms with van der Waals surface area (Å²) in [7, 11) is 0. The van der Waals surface area contributed by atoms with Crippen LogP contribution in [0.2, 0.25) is 0 Å². The third-order valence-electron chi connectivity index (χ3n) is 3.30. The largest absolute Gasteiger partial charge is 0.352 e. The zero-order chi connectivity index (χ0) is 13.0. The van der Waals surface area contributed by atoms with Crippen molar-refractivity contribution in [2.75, 3.05) is 6.54 Å². The Morgan fingerprint density at radius 1 is 1.25 bits per heavy atom. The Labute approximate surface area is 100 Å². The van der Waals surface area contributed by atoms with Gasteiger partial charge in [0.25, 0.3) is 0 Å². The van der Waals surface area contributed by atoms with Crippen LogP contribution in [0.3, 0.4) is 0 Å². The van der Waals surface area contributed by atoms with Gasteiger partial charge < -0.3 is 11.1 Å². The summed E-state index contributed by atoms with van der Waals surface area (Å²) in [6.45, 7) is 13.0. The summed E-state index contributed by atoms with van der Waals surface area (Å²) in [5.41, 5.74) is 5.35. The maximum Gasteiger partial charge on any atom is 0.225 e. The molecule has 0 aliphatic rings. The molecule has 16 heavy (non-hydrogen) atoms. The molecule has 0 saturated carbocycles. The molecule has 0 aliphatic carbocycles. The predicted molar refractivity (Wildman–Crippen MR) is 69.1 cm³/mol. The molecule has 1 atom stereocenters. The van der Waals surface area contributed by atoms with E-state index in [2.05, 4.69) is 26.1 Å². The summed E-state index contributed by atoms with van der Waals surface area (Å²) >= 11 is 0. The Morgan fingerprint density at radius 2 is 1.75 bits per heavy atom. The molecule has 1 amide bonds. The first-order valence-corrected chi connectivity index (χ1v) is 6.16. The zero-order valence-corrected chi connectivity index (χ0v) is 11.7. The van der Waals surface area contributed by atoms with Gasteiger partial charge in [-0.05, 0) is 24.8 Å². The van der Waals surface area contributed by atoms with Crippen LogP contribution >= 0.6 is 0 Å². The van der Waals surface area contributed by atoms with Gasteiger partial charge in [-0.2, -0.15) is 0 Å². The van der Waals surface area contributed by atoms with E-state index in [1.807, 2.05) is 20.8 Å². The lowest BCUT2D eigenvalue weighted by Gasteiger charge is -2.34. The first kappa shape index (κ1) is 15.4. The second kappa shape index (κ2) is 5.67. The summed E-state index contributed by atoms with van der Waals surface area (Å²) in [5.74, 6) is 0.128. The van der Waals surface area contributed by atoms with Crippen molar-refractivity contribution in [3.8, 4) is 0 Å². The average molecular weight is 228 g/mol. The number of nitrogens with two attached hydrogens (primary N) is 1. The van der Waals surface area contributed by atoms with Crippen molar-refractivity contribution in [3.05, 3.63) is 0 Å². The first-order chi connectivity index (χ1) is 7.15. The molecule has 0 aromatic rings. The predicted octanol–water partition coefficient (Wildman–Crippen LogP) is 2.30. The highest BCUT2D eigenvalue weighted by atomic mass is 16.2. The first-order valence-electron chi connectivity index (χ1n) is 6.16. The van der Waals surface area contributed by atoms with E-state index in [-0.39, 0.29) is 22.8 Å². The lowest BCUT2D eigenvalue weighted by Crippen LogP contribution is -2.49. The molecule has 0 rings (SSSR count). The minimum atomic E-state index is -0.294. The van der Waals surface area contributed by atoms with E-state index in [1.165, 1.54) is 0 Å². The van der Waals surface area contributed by atoms with E-state index >= 15 is 0 Å². The van der Waals surface area contributed by atoms with Gasteiger partial charge in [-0.15, -0.1) is 0 Å². The second-order valence-electron chi connectivity index (χ2n) is 6.21. The molecule has 0 spiro atoms. The molecular formula is C13H28N2O. The van der Waals surface area contributed by atoms with E-state index in [9.17, 15) is 4.79 Å². The number of amides is 1. The molecule has 3 N–H and O–H groups in total. The van der Waals surface area contributed by atoms with Crippen LogP contribution < -0.4 is 11.1 Å². The topological polar surface area (TPSA) is 55.1 Å². The number of carbonyl (C=O) groups excluding carboxylic acids is 1. The smallest absolute Gasteiger partial charge is 0.225 e. The van der Waals surface area contributed by atoms with Gasteiger partial charge in [0.05, 0.1) is 0 Å². The lowest BCUT2D eigenvalue weighted by molar-refractivity contribution is -0.131. The van der Waals surface area contributed by atoms with E-state index in [0.717, 1.165) is 12.8 Å². The summed E-state index contributed by atoms with van der Waals surface area (Å²) in [5, 5.41) is 3.13. The molecule has 0 saturated heterocycles. The van der Waals surface area contributed by atoms with Crippen LogP contribution in [0.5, 0.6) is 0 Å². The normalized spacial score (nSPS) is 14.7. The molecule has 0 aliphatic heterocycles. The molecule has 0 aromatic carbocycles. The van der Waals surface area contributed by atoms with Gasteiger partial charge in [0, 0.05) is 11.5 Å². The Morgan fingerprint density at radius 3 is 2.06 bits per heavy atom. The fraction of sp³-hybridized carbons (Fsp3) is 0.923. The summed E-state index contributed by atoms with van der Waals surface area (Å²) in [6, 6.07) is 0.149. The Bertz CT molecular complexity index is 229. The molecule has 3 nitrogen and oxygen atoms in total. The van der Waals surface area contributed by atoms with E-state index in [0.29, 0.717) is 6.54 Å². The summed E-state index contributed by atoms with van der Waals surface area (Å²) in [6.07, 6.45) is 1.67. The van der Waals surface area contributed by atoms with Crippen molar-refractivity contribution >= 4 is 5.91 Å². The third-order valence-corrected chi connectivity index (χ3v) is 3.30. The SMILES string of the molecule is CCC(C)(C)C(=O)NC(CCN)C(C)(C)C. The van der Waals surface area contributed by atoms with Gasteiger partial charge in [-0.25, -0.2) is 0 Å². The van der Waals surface area contributed by atoms with Crippen molar-refractivity contribution in [2.24, 2.45) is 16.6 Å². The zero-order valence-electron chi connectivity index (χ0n) is 11.7. The fourth-order valence-electron chi connectivity index (χ4n) is 1.40. The van der Waals surface area contributed by atoms with E-state index in [1.54, 1.807) is 0 Å². The summed E-state index contributed by atoms with van der Waals surface area (Å²) in [4.78, 5) is 12.1. The number of nitrogens with one attached hydrogen (secondary N) is 1. The minimum Gasteiger partial charge on any atom is -0.352 e. The monoisotopic (exact) mass is 228 g/mol. The minimum absolute atomic E-state index is 0.0544.